The number of carbonyl (C=O) groups is 2. The summed E-state index contributed by atoms with van der Waals surface area (Å²) >= 11 is 0. The van der Waals surface area contributed by atoms with Crippen LogP contribution in [-0.2, 0) is 20.8 Å². The average molecular weight is 346 g/mol. The molecular weight excluding hydrogens is 320 g/mol. The summed E-state index contributed by atoms with van der Waals surface area (Å²) in [6.45, 7) is 4.04. The van der Waals surface area contributed by atoms with Crippen molar-refractivity contribution in [2.45, 2.75) is 38.3 Å². The smallest absolute Gasteiger partial charge is 0.338 e. The summed E-state index contributed by atoms with van der Waals surface area (Å²) in [6.07, 6.45) is 4.34. The molecule has 0 spiro atoms. The monoisotopic (exact) mass is 346 g/mol. The molecular formula is C19H26N2O4. The van der Waals surface area contributed by atoms with E-state index in [4.69, 9.17) is 9.47 Å². The van der Waals surface area contributed by atoms with E-state index in [9.17, 15) is 9.59 Å². The number of benzene rings is 1. The highest BCUT2D eigenvalue weighted by molar-refractivity contribution is 5.91. The summed E-state index contributed by atoms with van der Waals surface area (Å²) in [5, 5.41) is 2.91. The molecule has 2 aliphatic rings. The third kappa shape index (κ3) is 5.54. The highest BCUT2D eigenvalue weighted by Crippen LogP contribution is 2.17. The molecule has 2 fully saturated rings. The van der Waals surface area contributed by atoms with Gasteiger partial charge in [-0.3, -0.25) is 9.69 Å². The summed E-state index contributed by atoms with van der Waals surface area (Å²) in [4.78, 5) is 26.2. The van der Waals surface area contributed by atoms with Crippen molar-refractivity contribution in [2.24, 2.45) is 0 Å². The van der Waals surface area contributed by atoms with E-state index < -0.39 is 5.97 Å². The highest BCUT2D eigenvalue weighted by Gasteiger charge is 2.18. The van der Waals surface area contributed by atoms with Gasteiger partial charge in [0.05, 0.1) is 18.8 Å². The van der Waals surface area contributed by atoms with Crippen LogP contribution in [0.4, 0.5) is 0 Å². The number of morpholine rings is 1. The molecule has 0 aromatic heterocycles. The average Bonchev–Trinajstić information content (AvgIpc) is 3.14. The van der Waals surface area contributed by atoms with Crippen LogP contribution in [0, 0.1) is 0 Å². The summed E-state index contributed by atoms with van der Waals surface area (Å²) in [6, 6.07) is 7.63. The topological polar surface area (TPSA) is 67.9 Å². The van der Waals surface area contributed by atoms with Gasteiger partial charge in [0, 0.05) is 25.7 Å². The Labute approximate surface area is 148 Å². The van der Waals surface area contributed by atoms with E-state index in [0.717, 1.165) is 64.1 Å². The Balaban J connectivity index is 1.42. The Bertz CT molecular complexity index is 576. The zero-order chi connectivity index (χ0) is 17.5. The zero-order valence-corrected chi connectivity index (χ0v) is 14.5. The quantitative estimate of drug-likeness (QED) is 0.795. The van der Waals surface area contributed by atoms with Crippen LogP contribution in [0.2, 0.25) is 0 Å². The molecule has 136 valence electrons. The van der Waals surface area contributed by atoms with Crippen molar-refractivity contribution in [3.63, 3.8) is 0 Å². The lowest BCUT2D eigenvalue weighted by molar-refractivity contribution is -0.124. The Morgan fingerprint density at radius 2 is 1.80 bits per heavy atom. The highest BCUT2D eigenvalue weighted by atomic mass is 16.5. The lowest BCUT2D eigenvalue weighted by Gasteiger charge is -2.26. The van der Waals surface area contributed by atoms with Crippen molar-refractivity contribution < 1.29 is 19.1 Å². The van der Waals surface area contributed by atoms with Gasteiger partial charge in [0.1, 0.15) is 0 Å². The lowest BCUT2D eigenvalue weighted by Crippen LogP contribution is -2.36. The van der Waals surface area contributed by atoms with Gasteiger partial charge >= 0.3 is 5.97 Å². The normalized spacial score (nSPS) is 18.9. The Morgan fingerprint density at radius 1 is 1.12 bits per heavy atom. The van der Waals surface area contributed by atoms with E-state index in [1.807, 2.05) is 12.1 Å². The number of amides is 1. The van der Waals surface area contributed by atoms with Crippen molar-refractivity contribution in [1.82, 2.24) is 10.2 Å². The van der Waals surface area contributed by atoms with E-state index in [1.54, 1.807) is 12.1 Å². The van der Waals surface area contributed by atoms with Gasteiger partial charge < -0.3 is 14.8 Å². The molecule has 0 radical (unpaired) electrons. The summed E-state index contributed by atoms with van der Waals surface area (Å²) in [5.41, 5.74) is 1.62. The molecule has 1 aromatic rings. The minimum atomic E-state index is -0.459. The number of esters is 1. The predicted octanol–water partition coefficient (Wildman–Crippen LogP) is 1.73. The Kier molecular flexibility index (Phi) is 6.42. The summed E-state index contributed by atoms with van der Waals surface area (Å²) in [7, 11) is 0. The van der Waals surface area contributed by atoms with E-state index in [0.29, 0.717) is 5.56 Å². The van der Waals surface area contributed by atoms with Crippen LogP contribution in [0.25, 0.3) is 0 Å². The maximum absolute atomic E-state index is 12.1. The minimum Gasteiger partial charge on any atom is -0.452 e. The van der Waals surface area contributed by atoms with E-state index in [2.05, 4.69) is 10.2 Å². The van der Waals surface area contributed by atoms with Gasteiger partial charge in [0.15, 0.2) is 6.61 Å². The van der Waals surface area contributed by atoms with Crippen LogP contribution < -0.4 is 5.32 Å². The standard InChI is InChI=1S/C19H26N2O4/c22-18(20-17-3-1-2-4-17)14-25-19(23)16-7-5-15(6-8-16)13-21-9-11-24-12-10-21/h5-8,17H,1-4,9-14H2,(H,20,22). The van der Waals surface area contributed by atoms with Crippen molar-refractivity contribution in [1.29, 1.82) is 0 Å². The zero-order valence-electron chi connectivity index (χ0n) is 14.5. The fourth-order valence-electron chi connectivity index (χ4n) is 3.32. The van der Waals surface area contributed by atoms with Gasteiger partial charge in [-0.2, -0.15) is 0 Å². The Hall–Kier alpha value is -1.92. The number of nitrogens with one attached hydrogen (secondary N) is 1. The van der Waals surface area contributed by atoms with Gasteiger partial charge in [-0.25, -0.2) is 4.79 Å². The van der Waals surface area contributed by atoms with Crippen molar-refractivity contribution in [3.05, 3.63) is 35.4 Å². The molecule has 1 aliphatic carbocycles. The molecule has 0 atom stereocenters. The van der Waals surface area contributed by atoms with Crippen LogP contribution >= 0.6 is 0 Å². The molecule has 6 nitrogen and oxygen atoms in total. The maximum atomic E-state index is 12.1. The number of carbonyl (C=O) groups excluding carboxylic acids is 2. The van der Waals surface area contributed by atoms with Crippen LogP contribution in [0.5, 0.6) is 0 Å². The van der Waals surface area contributed by atoms with Gasteiger partial charge in [-0.05, 0) is 30.5 Å². The van der Waals surface area contributed by atoms with Gasteiger partial charge in [0.2, 0.25) is 0 Å². The molecule has 1 amide bonds. The molecule has 1 saturated heterocycles. The third-order valence-electron chi connectivity index (χ3n) is 4.75. The molecule has 3 rings (SSSR count). The minimum absolute atomic E-state index is 0.217. The van der Waals surface area contributed by atoms with Crippen LogP contribution in [0.15, 0.2) is 24.3 Å². The SMILES string of the molecule is O=C(COC(=O)c1ccc(CN2CCOCC2)cc1)NC1CCCC1. The second kappa shape index (κ2) is 8.97. The van der Waals surface area contributed by atoms with Crippen LogP contribution in [0.3, 0.4) is 0 Å². The second-order valence-corrected chi connectivity index (χ2v) is 6.71. The van der Waals surface area contributed by atoms with Crippen LogP contribution in [0.1, 0.15) is 41.6 Å². The largest absolute Gasteiger partial charge is 0.452 e. The number of hydrogen-bond acceptors (Lipinski definition) is 5. The second-order valence-electron chi connectivity index (χ2n) is 6.71. The molecule has 1 saturated carbocycles. The van der Waals surface area contributed by atoms with Crippen LogP contribution in [-0.4, -0.2) is 55.7 Å². The lowest BCUT2D eigenvalue weighted by atomic mass is 10.1. The number of ether oxygens (including phenoxy) is 2. The summed E-state index contributed by atoms with van der Waals surface area (Å²) < 4.78 is 10.5. The number of nitrogens with zero attached hydrogens (tertiary/aromatic N) is 1. The first-order valence-electron chi connectivity index (χ1n) is 9.06. The fourth-order valence-corrected chi connectivity index (χ4v) is 3.32. The van der Waals surface area contributed by atoms with E-state index in [-0.39, 0.29) is 18.6 Å². The molecule has 1 N–H and O–H groups in total. The molecule has 1 aliphatic heterocycles. The molecule has 25 heavy (non-hydrogen) atoms. The first-order valence-corrected chi connectivity index (χ1v) is 9.06. The van der Waals surface area contributed by atoms with Crippen molar-refractivity contribution in [3.8, 4) is 0 Å². The first kappa shape index (κ1) is 17.9. The summed E-state index contributed by atoms with van der Waals surface area (Å²) in [5.74, 6) is -0.677. The molecule has 6 heteroatoms. The maximum Gasteiger partial charge on any atom is 0.338 e. The van der Waals surface area contributed by atoms with E-state index >= 15 is 0 Å². The van der Waals surface area contributed by atoms with E-state index in [1.165, 1.54) is 0 Å². The van der Waals surface area contributed by atoms with Gasteiger partial charge in [0.25, 0.3) is 5.91 Å². The predicted molar refractivity (Wildman–Crippen MR) is 93.2 cm³/mol. The number of rotatable bonds is 6. The Morgan fingerprint density at radius 3 is 2.48 bits per heavy atom. The number of hydrogen-bond donors (Lipinski definition) is 1. The molecule has 1 heterocycles. The van der Waals surface area contributed by atoms with Crippen molar-refractivity contribution >= 4 is 11.9 Å². The third-order valence-corrected chi connectivity index (χ3v) is 4.75. The molecule has 0 unspecified atom stereocenters. The molecule has 0 bridgehead atoms. The molecule has 1 aromatic carbocycles. The van der Waals surface area contributed by atoms with Gasteiger partial charge in [-0.15, -0.1) is 0 Å². The first-order chi connectivity index (χ1) is 12.2. The van der Waals surface area contributed by atoms with Gasteiger partial charge in [-0.1, -0.05) is 25.0 Å². The fraction of sp³-hybridized carbons (Fsp3) is 0.579. The van der Waals surface area contributed by atoms with Crippen molar-refractivity contribution in [2.75, 3.05) is 32.9 Å².